The van der Waals surface area contributed by atoms with E-state index < -0.39 is 0 Å². The van der Waals surface area contributed by atoms with E-state index in [-0.39, 0.29) is 17.0 Å². The molecule has 2 aromatic carbocycles. The number of aromatic nitrogens is 2. The van der Waals surface area contributed by atoms with Crippen molar-refractivity contribution in [3.8, 4) is 11.8 Å². The Morgan fingerprint density at radius 3 is 2.50 bits per heavy atom. The number of nitrogens with two attached hydrogens (primary N) is 1. The number of halogens is 1. The maximum Gasteiger partial charge on any atom is 0.214 e. The van der Waals surface area contributed by atoms with Crippen molar-refractivity contribution in [2.45, 2.75) is 13.5 Å². The van der Waals surface area contributed by atoms with Gasteiger partial charge < -0.3 is 11.1 Å². The normalized spacial score (nSPS) is 10.6. The molecule has 0 radical (unpaired) electrons. The zero-order chi connectivity index (χ0) is 20.1. The molecule has 0 atom stereocenters. The summed E-state index contributed by atoms with van der Waals surface area (Å²) in [6.07, 6.45) is 0. The Hall–Kier alpha value is -2.98. The molecule has 3 aromatic rings. The molecule has 7 heteroatoms. The number of nitriles is 1. The third kappa shape index (κ3) is 4.12. The van der Waals surface area contributed by atoms with Gasteiger partial charge in [-0.05, 0) is 31.2 Å². The van der Waals surface area contributed by atoms with Crippen LogP contribution < -0.4 is 11.1 Å². The van der Waals surface area contributed by atoms with Gasteiger partial charge in [-0.3, -0.25) is 4.79 Å². The summed E-state index contributed by atoms with van der Waals surface area (Å²) in [5, 5.41) is 18.0. The SMILES string of the molecule is Cc1ccc(C(=O)c2nn(-c3ccc(Cl)cc3)c(CNCCN)c2C#N)cc1. The van der Waals surface area contributed by atoms with Crippen LogP contribution in [0.2, 0.25) is 5.02 Å². The van der Waals surface area contributed by atoms with E-state index in [0.717, 1.165) is 5.56 Å². The molecule has 0 fully saturated rings. The molecule has 1 heterocycles. The van der Waals surface area contributed by atoms with Gasteiger partial charge in [0.2, 0.25) is 5.78 Å². The Kier molecular flexibility index (Phi) is 6.22. The lowest BCUT2D eigenvalue weighted by molar-refractivity contribution is 0.103. The molecule has 0 unspecified atom stereocenters. The van der Waals surface area contributed by atoms with Gasteiger partial charge in [-0.15, -0.1) is 0 Å². The highest BCUT2D eigenvalue weighted by molar-refractivity contribution is 6.30. The topological polar surface area (TPSA) is 96.7 Å². The molecule has 3 rings (SSSR count). The second-order valence-corrected chi connectivity index (χ2v) is 6.77. The fraction of sp³-hybridized carbons (Fsp3) is 0.190. The molecule has 0 amide bonds. The van der Waals surface area contributed by atoms with E-state index in [1.165, 1.54) is 0 Å². The zero-order valence-corrected chi connectivity index (χ0v) is 16.2. The van der Waals surface area contributed by atoms with E-state index in [2.05, 4.69) is 16.5 Å². The molecule has 6 nitrogen and oxygen atoms in total. The Labute approximate surface area is 168 Å². The summed E-state index contributed by atoms with van der Waals surface area (Å²) >= 11 is 5.99. The smallest absolute Gasteiger partial charge is 0.214 e. The van der Waals surface area contributed by atoms with Crippen molar-refractivity contribution in [2.75, 3.05) is 13.1 Å². The van der Waals surface area contributed by atoms with Crippen molar-refractivity contribution >= 4 is 17.4 Å². The molecule has 1 aromatic heterocycles. The lowest BCUT2D eigenvalue weighted by atomic mass is 10.0. The number of hydrogen-bond donors (Lipinski definition) is 2. The molecule has 28 heavy (non-hydrogen) atoms. The van der Waals surface area contributed by atoms with Crippen molar-refractivity contribution in [3.05, 3.63) is 81.6 Å². The first-order chi connectivity index (χ1) is 13.5. The Bertz CT molecular complexity index is 1020. The minimum Gasteiger partial charge on any atom is -0.329 e. The highest BCUT2D eigenvalue weighted by atomic mass is 35.5. The minimum absolute atomic E-state index is 0.130. The van der Waals surface area contributed by atoms with Crippen LogP contribution in [0, 0.1) is 18.3 Å². The van der Waals surface area contributed by atoms with Crippen molar-refractivity contribution in [3.63, 3.8) is 0 Å². The second kappa shape index (κ2) is 8.81. The number of ketones is 1. The van der Waals surface area contributed by atoms with Crippen LogP contribution in [-0.2, 0) is 6.54 Å². The number of nitrogens with one attached hydrogen (secondary N) is 1. The van der Waals surface area contributed by atoms with Gasteiger partial charge in [0.25, 0.3) is 0 Å². The monoisotopic (exact) mass is 393 g/mol. The van der Waals surface area contributed by atoms with Gasteiger partial charge in [-0.2, -0.15) is 10.4 Å². The maximum absolute atomic E-state index is 13.0. The fourth-order valence-corrected chi connectivity index (χ4v) is 2.96. The number of rotatable bonds is 7. The number of carbonyl (C=O) groups excluding carboxylic acids is 1. The largest absolute Gasteiger partial charge is 0.329 e. The molecule has 0 bridgehead atoms. The molecule has 0 aliphatic carbocycles. The molecule has 142 valence electrons. The number of hydrogen-bond acceptors (Lipinski definition) is 5. The van der Waals surface area contributed by atoms with Crippen LogP contribution in [0.25, 0.3) is 5.69 Å². The third-order valence-electron chi connectivity index (χ3n) is 4.31. The van der Waals surface area contributed by atoms with Crippen molar-refractivity contribution in [2.24, 2.45) is 5.73 Å². The predicted molar refractivity (Wildman–Crippen MR) is 109 cm³/mol. The number of nitrogens with zero attached hydrogens (tertiary/aromatic N) is 3. The standard InChI is InChI=1S/C21H20ClN5O/c1-14-2-4-15(5-3-14)21(28)20-18(12-24)19(13-25-11-10-23)27(26-20)17-8-6-16(22)7-9-17/h2-9,25H,10-11,13,23H2,1H3. The summed E-state index contributed by atoms with van der Waals surface area (Å²) in [5.74, 6) is -0.288. The van der Waals surface area contributed by atoms with E-state index in [1.54, 1.807) is 41.1 Å². The Balaban J connectivity index is 2.10. The average molecular weight is 394 g/mol. The summed E-state index contributed by atoms with van der Waals surface area (Å²) in [6, 6.07) is 16.4. The van der Waals surface area contributed by atoms with Gasteiger partial charge in [0.15, 0.2) is 5.69 Å². The molecular formula is C21H20ClN5O. The van der Waals surface area contributed by atoms with E-state index in [0.29, 0.717) is 41.6 Å². The molecule has 0 saturated heterocycles. The number of benzene rings is 2. The van der Waals surface area contributed by atoms with Crippen LogP contribution in [0.3, 0.4) is 0 Å². The summed E-state index contributed by atoms with van der Waals surface area (Å²) in [5.41, 5.74) is 8.80. The summed E-state index contributed by atoms with van der Waals surface area (Å²) < 4.78 is 1.61. The summed E-state index contributed by atoms with van der Waals surface area (Å²) in [7, 11) is 0. The van der Waals surface area contributed by atoms with Crippen LogP contribution in [0.1, 0.15) is 32.9 Å². The van der Waals surface area contributed by atoms with Crippen LogP contribution in [0.4, 0.5) is 0 Å². The average Bonchev–Trinajstić information content (AvgIpc) is 3.07. The van der Waals surface area contributed by atoms with Gasteiger partial charge in [-0.25, -0.2) is 4.68 Å². The Morgan fingerprint density at radius 1 is 1.21 bits per heavy atom. The van der Waals surface area contributed by atoms with Gasteiger partial charge in [0.05, 0.1) is 11.4 Å². The third-order valence-corrected chi connectivity index (χ3v) is 4.56. The molecule has 0 saturated carbocycles. The van der Waals surface area contributed by atoms with E-state index >= 15 is 0 Å². The predicted octanol–water partition coefficient (Wildman–Crippen LogP) is 2.99. The molecule has 0 spiro atoms. The van der Waals surface area contributed by atoms with Crippen LogP contribution in [0.15, 0.2) is 48.5 Å². The summed E-state index contributed by atoms with van der Waals surface area (Å²) in [6.45, 7) is 3.35. The highest BCUT2D eigenvalue weighted by Crippen LogP contribution is 2.22. The first-order valence-corrected chi connectivity index (χ1v) is 9.23. The maximum atomic E-state index is 13.0. The van der Waals surface area contributed by atoms with E-state index in [9.17, 15) is 10.1 Å². The van der Waals surface area contributed by atoms with Gasteiger partial charge in [0.1, 0.15) is 11.6 Å². The number of aryl methyl sites for hydroxylation is 1. The van der Waals surface area contributed by atoms with E-state index in [1.807, 2.05) is 19.1 Å². The van der Waals surface area contributed by atoms with E-state index in [4.69, 9.17) is 17.3 Å². The molecular weight excluding hydrogens is 374 g/mol. The van der Waals surface area contributed by atoms with Crippen LogP contribution in [0.5, 0.6) is 0 Å². The second-order valence-electron chi connectivity index (χ2n) is 6.33. The van der Waals surface area contributed by atoms with Crippen molar-refractivity contribution < 1.29 is 4.79 Å². The fourth-order valence-electron chi connectivity index (χ4n) is 2.84. The van der Waals surface area contributed by atoms with Crippen molar-refractivity contribution in [1.82, 2.24) is 15.1 Å². The van der Waals surface area contributed by atoms with Crippen LogP contribution in [-0.4, -0.2) is 28.7 Å². The lowest BCUT2D eigenvalue weighted by Gasteiger charge is -2.08. The highest BCUT2D eigenvalue weighted by Gasteiger charge is 2.24. The van der Waals surface area contributed by atoms with Crippen LogP contribution >= 0.6 is 11.6 Å². The molecule has 0 aliphatic heterocycles. The van der Waals surface area contributed by atoms with Crippen molar-refractivity contribution in [1.29, 1.82) is 5.26 Å². The van der Waals surface area contributed by atoms with Gasteiger partial charge in [0, 0.05) is 30.2 Å². The quantitative estimate of drug-likeness (QED) is 0.475. The minimum atomic E-state index is -0.288. The molecule has 0 aliphatic rings. The Morgan fingerprint density at radius 2 is 1.89 bits per heavy atom. The van der Waals surface area contributed by atoms with Gasteiger partial charge in [-0.1, -0.05) is 41.4 Å². The summed E-state index contributed by atoms with van der Waals surface area (Å²) in [4.78, 5) is 13.0. The van der Waals surface area contributed by atoms with Gasteiger partial charge >= 0.3 is 0 Å². The lowest BCUT2D eigenvalue weighted by Crippen LogP contribution is -2.23. The first kappa shape index (κ1) is 19.8. The number of carbonyl (C=O) groups is 1. The molecule has 3 N–H and O–H groups in total. The zero-order valence-electron chi connectivity index (χ0n) is 15.4. The first-order valence-electron chi connectivity index (χ1n) is 8.85.